The summed E-state index contributed by atoms with van der Waals surface area (Å²) in [5.41, 5.74) is 0. The summed E-state index contributed by atoms with van der Waals surface area (Å²) in [5, 5.41) is 26.9. The van der Waals surface area contributed by atoms with Gasteiger partial charge < -0.3 is 15.3 Å². The summed E-state index contributed by atoms with van der Waals surface area (Å²) in [5.74, 6) is 0. The van der Waals surface area contributed by atoms with Crippen LogP contribution in [0.2, 0.25) is 0 Å². The summed E-state index contributed by atoms with van der Waals surface area (Å²) in [6, 6.07) is 0. The minimum Gasteiger partial charge on any atom is -0.396 e. The SMILES string of the molecule is OCCCCCC(O)C(O)CP. The molecule has 74 valence electrons. The van der Waals surface area contributed by atoms with Crippen molar-refractivity contribution in [2.24, 2.45) is 0 Å². The molecule has 0 aromatic rings. The van der Waals surface area contributed by atoms with Gasteiger partial charge in [-0.1, -0.05) is 12.8 Å². The Morgan fingerprint density at radius 1 is 1.00 bits per heavy atom. The molecule has 0 saturated carbocycles. The zero-order valence-electron chi connectivity index (χ0n) is 7.32. The van der Waals surface area contributed by atoms with Gasteiger partial charge in [0.15, 0.2) is 0 Å². The van der Waals surface area contributed by atoms with E-state index < -0.39 is 12.2 Å². The van der Waals surface area contributed by atoms with Gasteiger partial charge in [0.05, 0.1) is 12.2 Å². The van der Waals surface area contributed by atoms with Crippen LogP contribution in [-0.4, -0.2) is 40.3 Å². The average molecular weight is 194 g/mol. The zero-order valence-corrected chi connectivity index (χ0v) is 8.47. The Hall–Kier alpha value is 0.310. The number of aliphatic hydroxyl groups excluding tert-OH is 3. The van der Waals surface area contributed by atoms with Gasteiger partial charge in [0.2, 0.25) is 0 Å². The highest BCUT2D eigenvalue weighted by atomic mass is 31.0. The monoisotopic (exact) mass is 194 g/mol. The maximum absolute atomic E-state index is 9.29. The Morgan fingerprint density at radius 2 is 1.67 bits per heavy atom. The van der Waals surface area contributed by atoms with Crippen LogP contribution < -0.4 is 0 Å². The Labute approximate surface area is 76.0 Å². The first kappa shape index (κ1) is 12.3. The summed E-state index contributed by atoms with van der Waals surface area (Å²) >= 11 is 0. The molecular weight excluding hydrogens is 175 g/mol. The molecule has 0 spiro atoms. The van der Waals surface area contributed by atoms with Crippen LogP contribution in [0.15, 0.2) is 0 Å². The molecule has 3 N–H and O–H groups in total. The molecule has 0 aromatic carbocycles. The van der Waals surface area contributed by atoms with Crippen molar-refractivity contribution < 1.29 is 15.3 Å². The number of rotatable bonds is 7. The fourth-order valence-electron chi connectivity index (χ4n) is 0.992. The van der Waals surface area contributed by atoms with E-state index in [9.17, 15) is 5.11 Å². The van der Waals surface area contributed by atoms with E-state index in [-0.39, 0.29) is 6.61 Å². The van der Waals surface area contributed by atoms with Gasteiger partial charge in [-0.15, -0.1) is 9.24 Å². The van der Waals surface area contributed by atoms with Crippen molar-refractivity contribution in [2.45, 2.75) is 37.9 Å². The van der Waals surface area contributed by atoms with E-state index in [4.69, 9.17) is 10.2 Å². The summed E-state index contributed by atoms with van der Waals surface area (Å²) in [7, 11) is 2.40. The van der Waals surface area contributed by atoms with Gasteiger partial charge in [0.1, 0.15) is 0 Å². The Bertz CT molecular complexity index is 100. The number of aliphatic hydroxyl groups is 3. The molecule has 3 nitrogen and oxygen atoms in total. The maximum atomic E-state index is 9.29. The van der Waals surface area contributed by atoms with E-state index >= 15 is 0 Å². The molecule has 12 heavy (non-hydrogen) atoms. The van der Waals surface area contributed by atoms with E-state index in [1.165, 1.54) is 0 Å². The van der Waals surface area contributed by atoms with E-state index in [0.29, 0.717) is 12.6 Å². The predicted octanol–water partition coefficient (Wildman–Crippen LogP) is 0.136. The van der Waals surface area contributed by atoms with Crippen LogP contribution in [0.25, 0.3) is 0 Å². The van der Waals surface area contributed by atoms with Gasteiger partial charge in [0, 0.05) is 6.61 Å². The van der Waals surface area contributed by atoms with Gasteiger partial charge in [0.25, 0.3) is 0 Å². The Kier molecular flexibility index (Phi) is 8.14. The van der Waals surface area contributed by atoms with Gasteiger partial charge >= 0.3 is 0 Å². The van der Waals surface area contributed by atoms with Crippen LogP contribution in [0.1, 0.15) is 25.7 Å². The van der Waals surface area contributed by atoms with Crippen LogP contribution in [0, 0.1) is 0 Å². The van der Waals surface area contributed by atoms with E-state index in [1.54, 1.807) is 0 Å². The molecule has 0 heterocycles. The third-order valence-electron chi connectivity index (χ3n) is 1.84. The lowest BCUT2D eigenvalue weighted by Crippen LogP contribution is -2.26. The van der Waals surface area contributed by atoms with Crippen LogP contribution in [0.4, 0.5) is 0 Å². The lowest BCUT2D eigenvalue weighted by atomic mass is 10.1. The molecule has 0 aliphatic rings. The number of hydrogen-bond acceptors (Lipinski definition) is 3. The maximum Gasteiger partial charge on any atom is 0.0833 e. The molecule has 0 radical (unpaired) electrons. The molecule has 0 bridgehead atoms. The van der Waals surface area contributed by atoms with Gasteiger partial charge in [-0.3, -0.25) is 0 Å². The first-order chi connectivity index (χ1) is 5.72. The fourth-order valence-corrected chi connectivity index (χ4v) is 1.31. The molecule has 0 rings (SSSR count). The lowest BCUT2D eigenvalue weighted by Gasteiger charge is -2.15. The first-order valence-electron chi connectivity index (χ1n) is 4.39. The number of unbranched alkanes of at least 4 members (excludes halogenated alkanes) is 2. The highest BCUT2D eigenvalue weighted by Crippen LogP contribution is 2.08. The third-order valence-corrected chi connectivity index (χ3v) is 2.33. The normalized spacial score (nSPS) is 16.0. The average Bonchev–Trinajstić information content (AvgIpc) is 2.10. The summed E-state index contributed by atoms with van der Waals surface area (Å²) in [4.78, 5) is 0. The minimum absolute atomic E-state index is 0.211. The zero-order chi connectivity index (χ0) is 9.40. The van der Waals surface area contributed by atoms with Crippen molar-refractivity contribution in [3.05, 3.63) is 0 Å². The molecule has 3 atom stereocenters. The van der Waals surface area contributed by atoms with Crippen LogP contribution in [-0.2, 0) is 0 Å². The van der Waals surface area contributed by atoms with E-state index in [2.05, 4.69) is 9.24 Å². The lowest BCUT2D eigenvalue weighted by molar-refractivity contribution is 0.0272. The van der Waals surface area contributed by atoms with Crippen molar-refractivity contribution in [3.8, 4) is 0 Å². The smallest absolute Gasteiger partial charge is 0.0833 e. The third kappa shape index (κ3) is 5.90. The van der Waals surface area contributed by atoms with Gasteiger partial charge in [-0.05, 0) is 19.0 Å². The topological polar surface area (TPSA) is 60.7 Å². The fraction of sp³-hybridized carbons (Fsp3) is 1.00. The van der Waals surface area contributed by atoms with Crippen molar-refractivity contribution >= 4 is 9.24 Å². The molecule has 3 unspecified atom stereocenters. The second-order valence-corrected chi connectivity index (χ2v) is 3.41. The molecule has 0 fully saturated rings. The molecular formula is C8H19O3P. The quantitative estimate of drug-likeness (QED) is 0.399. The first-order valence-corrected chi connectivity index (χ1v) is 5.21. The predicted molar refractivity (Wildman–Crippen MR) is 52.1 cm³/mol. The van der Waals surface area contributed by atoms with Gasteiger partial charge in [-0.2, -0.15) is 0 Å². The minimum atomic E-state index is -0.621. The summed E-state index contributed by atoms with van der Waals surface area (Å²) in [6.45, 7) is 0.211. The van der Waals surface area contributed by atoms with Crippen LogP contribution >= 0.6 is 9.24 Å². The Balaban J connectivity index is 3.24. The second-order valence-electron chi connectivity index (χ2n) is 2.94. The van der Waals surface area contributed by atoms with Gasteiger partial charge in [-0.25, -0.2) is 0 Å². The van der Waals surface area contributed by atoms with E-state index in [0.717, 1.165) is 19.3 Å². The summed E-state index contributed by atoms with van der Waals surface area (Å²) < 4.78 is 0. The van der Waals surface area contributed by atoms with Crippen molar-refractivity contribution in [2.75, 3.05) is 12.8 Å². The highest BCUT2D eigenvalue weighted by molar-refractivity contribution is 7.16. The molecule has 0 saturated heterocycles. The second kappa shape index (κ2) is 7.93. The molecule has 0 aromatic heterocycles. The standard InChI is InChI=1S/C8H19O3P/c9-5-3-1-2-4-7(10)8(11)6-12/h7-11H,1-6,12H2. The molecule has 0 amide bonds. The van der Waals surface area contributed by atoms with Crippen molar-refractivity contribution in [1.82, 2.24) is 0 Å². The molecule has 4 heteroatoms. The highest BCUT2D eigenvalue weighted by Gasteiger charge is 2.12. The Morgan fingerprint density at radius 3 is 2.17 bits per heavy atom. The number of hydrogen-bond donors (Lipinski definition) is 3. The van der Waals surface area contributed by atoms with E-state index in [1.807, 2.05) is 0 Å². The summed E-state index contributed by atoms with van der Waals surface area (Å²) in [6.07, 6.45) is 2.46. The van der Waals surface area contributed by atoms with Crippen molar-refractivity contribution in [3.63, 3.8) is 0 Å². The molecule has 0 aliphatic carbocycles. The van der Waals surface area contributed by atoms with Crippen LogP contribution in [0.3, 0.4) is 0 Å². The van der Waals surface area contributed by atoms with Crippen LogP contribution in [0.5, 0.6) is 0 Å². The largest absolute Gasteiger partial charge is 0.396 e. The molecule has 0 aliphatic heterocycles. The van der Waals surface area contributed by atoms with Crippen molar-refractivity contribution in [1.29, 1.82) is 0 Å².